The minimum atomic E-state index is 0.0583. The van der Waals surface area contributed by atoms with Crippen molar-refractivity contribution >= 4 is 5.78 Å². The summed E-state index contributed by atoms with van der Waals surface area (Å²) >= 11 is 0. The predicted molar refractivity (Wildman–Crippen MR) is 76.9 cm³/mol. The molecule has 0 N–H and O–H groups in total. The zero-order valence-electron chi connectivity index (χ0n) is 12.1. The van der Waals surface area contributed by atoms with Crippen LogP contribution in [0.25, 0.3) is 0 Å². The van der Waals surface area contributed by atoms with E-state index >= 15 is 0 Å². The van der Waals surface area contributed by atoms with Crippen molar-refractivity contribution in [1.29, 1.82) is 0 Å². The molecule has 0 bridgehead atoms. The van der Waals surface area contributed by atoms with Crippen LogP contribution in [0.4, 0.5) is 0 Å². The number of hydrogen-bond acceptors (Lipinski definition) is 3. The maximum atomic E-state index is 12.6. The van der Waals surface area contributed by atoms with E-state index in [4.69, 9.17) is 4.74 Å². The van der Waals surface area contributed by atoms with Gasteiger partial charge in [-0.1, -0.05) is 25.5 Å². The van der Waals surface area contributed by atoms with E-state index in [0.717, 1.165) is 42.9 Å². The second-order valence-corrected chi connectivity index (χ2v) is 5.18. The van der Waals surface area contributed by atoms with E-state index in [2.05, 4.69) is 18.7 Å². The molecule has 0 aliphatic carbocycles. The molecular weight excluding hydrogens is 238 g/mol. The molecule has 1 heterocycles. The van der Waals surface area contributed by atoms with Crippen LogP contribution in [0.1, 0.15) is 36.2 Å². The summed E-state index contributed by atoms with van der Waals surface area (Å²) in [4.78, 5) is 15.0. The number of ketones is 1. The van der Waals surface area contributed by atoms with Gasteiger partial charge in [-0.15, -0.1) is 0 Å². The molecule has 1 atom stereocenters. The number of carbonyl (C=O) groups excluding carboxylic acids is 1. The van der Waals surface area contributed by atoms with E-state index in [0.29, 0.717) is 6.61 Å². The van der Waals surface area contributed by atoms with Gasteiger partial charge in [0.05, 0.1) is 12.2 Å². The Morgan fingerprint density at radius 1 is 1.32 bits per heavy atom. The van der Waals surface area contributed by atoms with Gasteiger partial charge < -0.3 is 9.64 Å². The summed E-state index contributed by atoms with van der Waals surface area (Å²) in [5.41, 5.74) is 1.87. The highest BCUT2D eigenvalue weighted by Gasteiger charge is 2.27. The third-order valence-electron chi connectivity index (χ3n) is 3.87. The van der Waals surface area contributed by atoms with Crippen LogP contribution in [-0.4, -0.2) is 36.9 Å². The van der Waals surface area contributed by atoms with Gasteiger partial charge in [0.2, 0.25) is 0 Å². The van der Waals surface area contributed by atoms with E-state index < -0.39 is 0 Å². The molecule has 1 unspecified atom stereocenters. The fraction of sp³-hybridized carbons (Fsp3) is 0.562. The first-order valence-corrected chi connectivity index (χ1v) is 7.15. The highest BCUT2D eigenvalue weighted by molar-refractivity contribution is 6.00. The Morgan fingerprint density at radius 2 is 2.05 bits per heavy atom. The quantitative estimate of drug-likeness (QED) is 0.834. The summed E-state index contributed by atoms with van der Waals surface area (Å²) < 4.78 is 5.71. The Bertz CT molecular complexity index is 452. The van der Waals surface area contributed by atoms with Crippen molar-refractivity contribution < 1.29 is 9.53 Å². The number of rotatable bonds is 4. The average Bonchev–Trinajstić information content (AvgIpc) is 2.57. The molecule has 1 aromatic carbocycles. The monoisotopic (exact) mass is 261 g/mol. The molecule has 1 aliphatic rings. The first-order chi connectivity index (χ1) is 9.15. The van der Waals surface area contributed by atoms with Crippen LogP contribution in [0.5, 0.6) is 5.75 Å². The van der Waals surface area contributed by atoms with Crippen LogP contribution >= 0.6 is 0 Å². The molecule has 1 aliphatic heterocycles. The molecule has 0 fully saturated rings. The van der Waals surface area contributed by atoms with Crippen LogP contribution in [0.2, 0.25) is 0 Å². The molecule has 3 nitrogen and oxygen atoms in total. The van der Waals surface area contributed by atoms with Gasteiger partial charge in [-0.05, 0) is 38.6 Å². The van der Waals surface area contributed by atoms with E-state index in [1.54, 1.807) is 0 Å². The van der Waals surface area contributed by atoms with Crippen molar-refractivity contribution in [3.05, 3.63) is 29.3 Å². The number of Topliss-reactive ketones (excluding diaryl/α,β-unsaturated/α-hetero) is 1. The largest absolute Gasteiger partial charge is 0.493 e. The van der Waals surface area contributed by atoms with Crippen molar-refractivity contribution in [2.75, 3.05) is 26.2 Å². The van der Waals surface area contributed by atoms with Crippen molar-refractivity contribution in [2.24, 2.45) is 5.92 Å². The first kappa shape index (κ1) is 14.1. The minimum absolute atomic E-state index is 0.0583. The topological polar surface area (TPSA) is 29.5 Å². The highest BCUT2D eigenvalue weighted by atomic mass is 16.5. The van der Waals surface area contributed by atoms with E-state index in [1.165, 1.54) is 0 Å². The lowest BCUT2D eigenvalue weighted by Crippen LogP contribution is -2.33. The van der Waals surface area contributed by atoms with Crippen molar-refractivity contribution in [1.82, 2.24) is 4.90 Å². The van der Waals surface area contributed by atoms with Crippen molar-refractivity contribution in [2.45, 2.75) is 27.2 Å². The highest BCUT2D eigenvalue weighted by Crippen LogP contribution is 2.28. The average molecular weight is 261 g/mol. The number of benzene rings is 1. The molecule has 0 amide bonds. The number of ether oxygens (including phenoxy) is 1. The molecule has 0 spiro atoms. The maximum Gasteiger partial charge on any atom is 0.171 e. The summed E-state index contributed by atoms with van der Waals surface area (Å²) in [7, 11) is 0. The Hall–Kier alpha value is -1.35. The van der Waals surface area contributed by atoms with Crippen LogP contribution < -0.4 is 4.74 Å². The standard InChI is InChI=1S/C16H23NO2/c1-4-17(5-2)11-13-8-9-19-15-7-6-12(3)10-14(15)16(13)18/h6-7,10,13H,4-5,8-9,11H2,1-3H3. The summed E-state index contributed by atoms with van der Waals surface area (Å²) in [6.45, 7) is 9.73. The lowest BCUT2D eigenvalue weighted by Gasteiger charge is -2.23. The number of hydrogen-bond donors (Lipinski definition) is 0. The lowest BCUT2D eigenvalue weighted by atomic mass is 9.94. The van der Waals surface area contributed by atoms with Crippen LogP contribution in [0, 0.1) is 12.8 Å². The lowest BCUT2D eigenvalue weighted by molar-refractivity contribution is 0.0877. The van der Waals surface area contributed by atoms with Gasteiger partial charge in [-0.25, -0.2) is 0 Å². The van der Waals surface area contributed by atoms with Crippen LogP contribution in [0.3, 0.4) is 0 Å². The normalized spacial score (nSPS) is 18.9. The maximum absolute atomic E-state index is 12.6. The van der Waals surface area contributed by atoms with Crippen molar-refractivity contribution in [3.8, 4) is 5.75 Å². The summed E-state index contributed by atoms with van der Waals surface area (Å²) in [5, 5.41) is 0. The fourth-order valence-corrected chi connectivity index (χ4v) is 2.59. The van der Waals surface area contributed by atoms with E-state index in [1.807, 2.05) is 25.1 Å². The molecular formula is C16H23NO2. The van der Waals surface area contributed by atoms with Gasteiger partial charge in [-0.2, -0.15) is 0 Å². The fourth-order valence-electron chi connectivity index (χ4n) is 2.59. The number of nitrogens with zero attached hydrogens (tertiary/aromatic N) is 1. The summed E-state index contributed by atoms with van der Waals surface area (Å²) in [6, 6.07) is 5.87. The SMILES string of the molecule is CCN(CC)CC1CCOc2ccc(C)cc2C1=O. The Morgan fingerprint density at radius 3 is 2.74 bits per heavy atom. The number of carbonyl (C=O) groups is 1. The smallest absolute Gasteiger partial charge is 0.171 e. The molecule has 2 rings (SSSR count). The Labute approximate surface area is 115 Å². The van der Waals surface area contributed by atoms with Gasteiger partial charge in [0, 0.05) is 12.5 Å². The predicted octanol–water partition coefficient (Wildman–Crippen LogP) is 2.92. The Kier molecular flexibility index (Phi) is 4.59. The second-order valence-electron chi connectivity index (χ2n) is 5.18. The zero-order valence-corrected chi connectivity index (χ0v) is 12.1. The van der Waals surface area contributed by atoms with E-state index in [-0.39, 0.29) is 11.7 Å². The van der Waals surface area contributed by atoms with Gasteiger partial charge >= 0.3 is 0 Å². The summed E-state index contributed by atoms with van der Waals surface area (Å²) in [6.07, 6.45) is 0.809. The van der Waals surface area contributed by atoms with Gasteiger partial charge in [-0.3, -0.25) is 4.79 Å². The van der Waals surface area contributed by atoms with Crippen molar-refractivity contribution in [3.63, 3.8) is 0 Å². The molecule has 0 aromatic heterocycles. The molecule has 19 heavy (non-hydrogen) atoms. The Balaban J connectivity index is 2.22. The zero-order chi connectivity index (χ0) is 13.8. The van der Waals surface area contributed by atoms with Gasteiger partial charge in [0.15, 0.2) is 5.78 Å². The molecule has 3 heteroatoms. The third-order valence-corrected chi connectivity index (χ3v) is 3.87. The molecule has 0 saturated carbocycles. The van der Waals surface area contributed by atoms with Crippen LogP contribution in [0.15, 0.2) is 18.2 Å². The minimum Gasteiger partial charge on any atom is -0.493 e. The number of aryl methyl sites for hydroxylation is 1. The van der Waals surface area contributed by atoms with Crippen LogP contribution in [-0.2, 0) is 0 Å². The van der Waals surface area contributed by atoms with Gasteiger partial charge in [0.25, 0.3) is 0 Å². The molecule has 0 saturated heterocycles. The second kappa shape index (κ2) is 6.20. The first-order valence-electron chi connectivity index (χ1n) is 7.15. The van der Waals surface area contributed by atoms with Gasteiger partial charge in [0.1, 0.15) is 5.75 Å². The molecule has 104 valence electrons. The third kappa shape index (κ3) is 3.16. The number of fused-ring (bicyclic) bond motifs is 1. The summed E-state index contributed by atoms with van der Waals surface area (Å²) in [5.74, 6) is 1.05. The molecule has 0 radical (unpaired) electrons. The molecule has 1 aromatic rings. The van der Waals surface area contributed by atoms with E-state index in [9.17, 15) is 4.79 Å².